The lowest BCUT2D eigenvalue weighted by atomic mass is 10.2. The van der Waals surface area contributed by atoms with Crippen molar-refractivity contribution in [2.24, 2.45) is 0 Å². The number of hydrogen-bond donors (Lipinski definition) is 1. The average molecular weight is 276 g/mol. The molecule has 0 aliphatic heterocycles. The van der Waals surface area contributed by atoms with Gasteiger partial charge in [-0.25, -0.2) is 9.78 Å². The Kier molecular flexibility index (Phi) is 4.39. The molecule has 2 aromatic rings. The van der Waals surface area contributed by atoms with Gasteiger partial charge in [-0.15, -0.1) is 0 Å². The summed E-state index contributed by atoms with van der Waals surface area (Å²) in [5.41, 5.74) is 1.59. The molecule has 0 bridgehead atoms. The van der Waals surface area contributed by atoms with Gasteiger partial charge in [-0.1, -0.05) is 19.1 Å². The highest BCUT2D eigenvalue weighted by Crippen LogP contribution is 2.22. The zero-order valence-electron chi connectivity index (χ0n) is 12.0. The van der Waals surface area contributed by atoms with Gasteiger partial charge in [0.2, 0.25) is 0 Å². The molecule has 0 saturated heterocycles. The Morgan fingerprint density at radius 1 is 1.40 bits per heavy atom. The van der Waals surface area contributed by atoms with E-state index in [1.165, 1.54) is 0 Å². The van der Waals surface area contributed by atoms with Gasteiger partial charge in [-0.2, -0.15) is 0 Å². The molecule has 5 heteroatoms. The lowest BCUT2D eigenvalue weighted by molar-refractivity contribution is -0.151. The number of para-hydroxylation sites is 2. The molecule has 1 aromatic carbocycles. The normalized spacial score (nSPS) is 14.2. The highest BCUT2D eigenvalue weighted by atomic mass is 16.5. The number of aromatic nitrogens is 2. The fourth-order valence-corrected chi connectivity index (χ4v) is 2.12. The Morgan fingerprint density at radius 2 is 2.10 bits per heavy atom. The minimum Gasteiger partial charge on any atom is -0.461 e. The van der Waals surface area contributed by atoms with Crippen molar-refractivity contribution in [2.75, 3.05) is 0 Å². The van der Waals surface area contributed by atoms with E-state index in [9.17, 15) is 9.90 Å². The van der Waals surface area contributed by atoms with Gasteiger partial charge < -0.3 is 14.4 Å². The molecule has 0 saturated carbocycles. The van der Waals surface area contributed by atoms with Crippen LogP contribution in [0.2, 0.25) is 0 Å². The molecule has 1 aromatic heterocycles. The lowest BCUT2D eigenvalue weighted by Gasteiger charge is -2.18. The van der Waals surface area contributed by atoms with E-state index in [0.717, 1.165) is 17.5 Å². The summed E-state index contributed by atoms with van der Waals surface area (Å²) in [7, 11) is 0. The lowest BCUT2D eigenvalue weighted by Crippen LogP contribution is -2.24. The number of carbonyl (C=O) groups is 1. The van der Waals surface area contributed by atoms with Crippen molar-refractivity contribution in [3.63, 3.8) is 0 Å². The molecular weight excluding hydrogens is 256 g/mol. The predicted molar refractivity (Wildman–Crippen MR) is 76.2 cm³/mol. The predicted octanol–water partition coefficient (Wildman–Crippen LogP) is 2.43. The number of benzene rings is 1. The van der Waals surface area contributed by atoms with Crippen LogP contribution < -0.4 is 0 Å². The molecule has 108 valence electrons. The minimum atomic E-state index is -0.515. The van der Waals surface area contributed by atoms with Crippen LogP contribution in [-0.2, 0) is 16.1 Å². The molecule has 2 rings (SSSR count). The van der Waals surface area contributed by atoms with Crippen LogP contribution in [0.4, 0.5) is 0 Å². The van der Waals surface area contributed by atoms with Crippen LogP contribution in [0.15, 0.2) is 24.3 Å². The van der Waals surface area contributed by atoms with Crippen LogP contribution in [0.25, 0.3) is 11.0 Å². The maximum absolute atomic E-state index is 12.2. The Labute approximate surface area is 118 Å². The van der Waals surface area contributed by atoms with E-state index < -0.39 is 6.04 Å². The quantitative estimate of drug-likeness (QED) is 0.852. The number of aliphatic hydroxyl groups excluding tert-OH is 1. The van der Waals surface area contributed by atoms with Gasteiger partial charge in [-0.05, 0) is 32.4 Å². The van der Waals surface area contributed by atoms with E-state index >= 15 is 0 Å². The molecular formula is C15H20N2O3. The number of imidazole rings is 1. The molecule has 0 fully saturated rings. The fraction of sp³-hybridized carbons (Fsp3) is 0.467. The number of ether oxygens (including phenoxy) is 1. The molecule has 2 unspecified atom stereocenters. The fourth-order valence-electron chi connectivity index (χ4n) is 2.12. The molecule has 1 heterocycles. The molecule has 0 amide bonds. The van der Waals surface area contributed by atoms with Gasteiger partial charge in [0.1, 0.15) is 18.5 Å². The summed E-state index contributed by atoms with van der Waals surface area (Å²) >= 11 is 0. The molecule has 1 N–H and O–H groups in total. The summed E-state index contributed by atoms with van der Waals surface area (Å²) in [5, 5.41) is 9.44. The third kappa shape index (κ3) is 2.67. The number of nitrogens with zero attached hydrogens (tertiary/aromatic N) is 2. The molecule has 0 aliphatic carbocycles. The van der Waals surface area contributed by atoms with E-state index in [1.54, 1.807) is 11.5 Å². The second-order valence-corrected chi connectivity index (χ2v) is 4.88. The second kappa shape index (κ2) is 6.05. The first-order valence-corrected chi connectivity index (χ1v) is 6.85. The van der Waals surface area contributed by atoms with Crippen molar-refractivity contribution in [2.45, 2.75) is 45.9 Å². The maximum Gasteiger partial charge on any atom is 0.329 e. The number of rotatable bonds is 5. The zero-order chi connectivity index (χ0) is 14.7. The van der Waals surface area contributed by atoms with Gasteiger partial charge in [0.05, 0.1) is 17.1 Å². The number of esters is 1. The van der Waals surface area contributed by atoms with E-state index in [1.807, 2.05) is 38.1 Å². The van der Waals surface area contributed by atoms with Gasteiger partial charge in [0.25, 0.3) is 0 Å². The van der Waals surface area contributed by atoms with Gasteiger partial charge in [0.15, 0.2) is 0 Å². The number of hydrogen-bond acceptors (Lipinski definition) is 4. The topological polar surface area (TPSA) is 64.3 Å². The largest absolute Gasteiger partial charge is 0.461 e. The van der Waals surface area contributed by atoms with Crippen LogP contribution in [0.1, 0.15) is 39.1 Å². The van der Waals surface area contributed by atoms with Crippen LogP contribution in [-0.4, -0.2) is 26.7 Å². The van der Waals surface area contributed by atoms with Crippen molar-refractivity contribution in [3.8, 4) is 0 Å². The Morgan fingerprint density at radius 3 is 2.75 bits per heavy atom. The highest BCUT2D eigenvalue weighted by molar-refractivity contribution is 5.81. The van der Waals surface area contributed by atoms with Crippen LogP contribution >= 0.6 is 0 Å². The van der Waals surface area contributed by atoms with Crippen molar-refractivity contribution in [1.29, 1.82) is 0 Å². The van der Waals surface area contributed by atoms with Crippen LogP contribution in [0.3, 0.4) is 0 Å². The van der Waals surface area contributed by atoms with Gasteiger partial charge >= 0.3 is 5.97 Å². The molecule has 20 heavy (non-hydrogen) atoms. The van der Waals surface area contributed by atoms with E-state index in [-0.39, 0.29) is 18.7 Å². The van der Waals surface area contributed by atoms with Crippen LogP contribution in [0, 0.1) is 0 Å². The molecule has 0 spiro atoms. The zero-order valence-corrected chi connectivity index (χ0v) is 12.0. The first-order chi connectivity index (χ1) is 9.58. The van der Waals surface area contributed by atoms with E-state index in [0.29, 0.717) is 5.82 Å². The average Bonchev–Trinajstić information content (AvgIpc) is 2.84. The first kappa shape index (κ1) is 14.5. The van der Waals surface area contributed by atoms with Crippen molar-refractivity contribution in [1.82, 2.24) is 9.55 Å². The summed E-state index contributed by atoms with van der Waals surface area (Å²) in [6, 6.07) is 6.99. The number of carbonyl (C=O) groups excluding carboxylic acids is 1. The smallest absolute Gasteiger partial charge is 0.329 e. The second-order valence-electron chi connectivity index (χ2n) is 4.88. The summed E-state index contributed by atoms with van der Waals surface area (Å²) < 4.78 is 7.10. The third-order valence-electron chi connectivity index (χ3n) is 3.43. The number of fused-ring (bicyclic) bond motifs is 1. The van der Waals surface area contributed by atoms with Crippen molar-refractivity contribution < 1.29 is 14.6 Å². The standard InChI is InChI=1S/C15H20N2O3/c1-4-10(2)20-15(19)11(3)17-13-8-6-5-7-12(13)16-14(17)9-18/h5-8,10-11,18H,4,9H2,1-3H3. The van der Waals surface area contributed by atoms with Crippen molar-refractivity contribution >= 4 is 17.0 Å². The third-order valence-corrected chi connectivity index (χ3v) is 3.43. The minimum absolute atomic E-state index is 0.114. The van der Waals surface area contributed by atoms with E-state index in [2.05, 4.69) is 4.98 Å². The number of aliphatic hydroxyl groups is 1. The summed E-state index contributed by atoms with van der Waals surface area (Å²) in [6.45, 7) is 5.38. The SMILES string of the molecule is CCC(C)OC(=O)C(C)n1c(CO)nc2ccccc21. The van der Waals surface area contributed by atoms with E-state index in [4.69, 9.17) is 4.74 Å². The summed E-state index contributed by atoms with van der Waals surface area (Å²) in [5.74, 6) is 0.164. The molecule has 5 nitrogen and oxygen atoms in total. The Hall–Kier alpha value is -1.88. The van der Waals surface area contributed by atoms with Crippen molar-refractivity contribution in [3.05, 3.63) is 30.1 Å². The molecule has 0 radical (unpaired) electrons. The maximum atomic E-state index is 12.2. The molecule has 0 aliphatic rings. The monoisotopic (exact) mass is 276 g/mol. The van der Waals surface area contributed by atoms with Gasteiger partial charge in [-0.3, -0.25) is 0 Å². The van der Waals surface area contributed by atoms with Gasteiger partial charge in [0, 0.05) is 0 Å². The molecule has 2 atom stereocenters. The summed E-state index contributed by atoms with van der Waals surface area (Å²) in [4.78, 5) is 16.5. The Balaban J connectivity index is 2.38. The summed E-state index contributed by atoms with van der Waals surface area (Å²) in [6.07, 6.45) is 0.660. The first-order valence-electron chi connectivity index (χ1n) is 6.85. The van der Waals surface area contributed by atoms with Crippen LogP contribution in [0.5, 0.6) is 0 Å². The Bertz CT molecular complexity index is 606. The highest BCUT2D eigenvalue weighted by Gasteiger charge is 2.23.